The fourth-order valence-electron chi connectivity index (χ4n) is 2.31. The molecular weight excluding hydrogens is 389 g/mol. The lowest BCUT2D eigenvalue weighted by atomic mass is 10.2. The van der Waals surface area contributed by atoms with Gasteiger partial charge in [-0.1, -0.05) is 12.1 Å². The molecule has 0 amide bonds. The zero-order chi connectivity index (χ0) is 19.4. The molecule has 0 saturated carbocycles. The Morgan fingerprint density at radius 1 is 1.07 bits per heavy atom. The minimum absolute atomic E-state index is 0.0222. The second-order valence-electron chi connectivity index (χ2n) is 5.70. The van der Waals surface area contributed by atoms with E-state index < -0.39 is 10.0 Å². The van der Waals surface area contributed by atoms with E-state index in [2.05, 4.69) is 15.7 Å². The Labute approximate surface area is 161 Å². The number of anilines is 2. The summed E-state index contributed by atoms with van der Waals surface area (Å²) in [5, 5.41) is 15.5. The average Bonchev–Trinajstić information content (AvgIpc) is 3.03. The van der Waals surface area contributed by atoms with Gasteiger partial charge in [-0.15, -0.1) is 0 Å². The van der Waals surface area contributed by atoms with Crippen molar-refractivity contribution in [2.24, 2.45) is 5.14 Å². The van der Waals surface area contributed by atoms with Crippen LogP contribution in [0.2, 0.25) is 0 Å². The van der Waals surface area contributed by atoms with Gasteiger partial charge in [-0.05, 0) is 54.2 Å². The molecule has 7 nitrogen and oxygen atoms in total. The van der Waals surface area contributed by atoms with Crippen LogP contribution in [0.5, 0.6) is 0 Å². The fraction of sp³-hybridized carbons (Fsp3) is 0.0588. The Balaban J connectivity index is 1.58. The lowest BCUT2D eigenvalue weighted by molar-refractivity contribution is 0.598. The van der Waals surface area contributed by atoms with Crippen molar-refractivity contribution in [3.8, 4) is 0 Å². The summed E-state index contributed by atoms with van der Waals surface area (Å²) in [6.45, 7) is 0.497. The highest BCUT2D eigenvalue weighted by atomic mass is 32.2. The standard InChI is InChI=1S/C17H16FN5O2S2/c18-13-3-1-12(2-4-13)10-23-11-15(9-20-23)22-17(26)21-14-5-7-16(8-6-14)27(19,24)25/h1-9,11H,10H2,(H2,19,24,25)(H2,21,22,26). The van der Waals surface area contributed by atoms with Crippen LogP contribution >= 0.6 is 12.2 Å². The van der Waals surface area contributed by atoms with Crippen LogP contribution in [-0.2, 0) is 16.6 Å². The van der Waals surface area contributed by atoms with Crippen LogP contribution in [0.4, 0.5) is 15.8 Å². The molecule has 0 saturated heterocycles. The van der Waals surface area contributed by atoms with Gasteiger partial charge in [-0.2, -0.15) is 5.10 Å². The van der Waals surface area contributed by atoms with Gasteiger partial charge in [0, 0.05) is 11.9 Å². The second-order valence-corrected chi connectivity index (χ2v) is 7.67. The molecular formula is C17H16FN5O2S2. The van der Waals surface area contributed by atoms with Gasteiger partial charge in [0.2, 0.25) is 10.0 Å². The van der Waals surface area contributed by atoms with Gasteiger partial charge >= 0.3 is 0 Å². The number of aromatic nitrogens is 2. The largest absolute Gasteiger partial charge is 0.332 e. The number of primary sulfonamides is 1. The summed E-state index contributed by atoms with van der Waals surface area (Å²) < 4.78 is 37.1. The number of halogens is 1. The van der Waals surface area contributed by atoms with E-state index in [9.17, 15) is 12.8 Å². The van der Waals surface area contributed by atoms with E-state index in [1.165, 1.54) is 24.3 Å². The molecule has 4 N–H and O–H groups in total. The van der Waals surface area contributed by atoms with Crippen molar-refractivity contribution in [2.45, 2.75) is 11.4 Å². The summed E-state index contributed by atoms with van der Waals surface area (Å²) in [7, 11) is -3.73. The molecule has 0 spiro atoms. The van der Waals surface area contributed by atoms with E-state index in [-0.39, 0.29) is 10.7 Å². The molecule has 0 bridgehead atoms. The zero-order valence-electron chi connectivity index (χ0n) is 14.0. The summed E-state index contributed by atoms with van der Waals surface area (Å²) in [6.07, 6.45) is 3.38. The third-order valence-corrected chi connectivity index (χ3v) is 4.72. The van der Waals surface area contributed by atoms with Crippen molar-refractivity contribution >= 4 is 38.7 Å². The smallest absolute Gasteiger partial charge is 0.238 e. The first-order valence-corrected chi connectivity index (χ1v) is 9.73. The number of benzene rings is 2. The lowest BCUT2D eigenvalue weighted by Gasteiger charge is -2.09. The molecule has 0 aliphatic heterocycles. The average molecular weight is 405 g/mol. The first kappa shape index (κ1) is 19.0. The van der Waals surface area contributed by atoms with Gasteiger partial charge in [0.15, 0.2) is 5.11 Å². The third kappa shape index (κ3) is 5.33. The molecule has 27 heavy (non-hydrogen) atoms. The van der Waals surface area contributed by atoms with Crippen molar-refractivity contribution < 1.29 is 12.8 Å². The highest BCUT2D eigenvalue weighted by Crippen LogP contribution is 2.14. The van der Waals surface area contributed by atoms with Crippen molar-refractivity contribution in [1.82, 2.24) is 9.78 Å². The Kier molecular flexibility index (Phi) is 5.49. The number of hydrogen-bond acceptors (Lipinski definition) is 4. The van der Waals surface area contributed by atoms with E-state index in [1.54, 1.807) is 41.3 Å². The quantitative estimate of drug-likeness (QED) is 0.564. The van der Waals surface area contributed by atoms with Crippen LogP contribution in [0.1, 0.15) is 5.56 Å². The third-order valence-electron chi connectivity index (χ3n) is 3.59. The van der Waals surface area contributed by atoms with Crippen molar-refractivity contribution in [1.29, 1.82) is 0 Å². The van der Waals surface area contributed by atoms with Gasteiger partial charge in [0.05, 0.1) is 23.3 Å². The maximum Gasteiger partial charge on any atom is 0.238 e. The summed E-state index contributed by atoms with van der Waals surface area (Å²) >= 11 is 5.23. The molecule has 1 aromatic heterocycles. The van der Waals surface area contributed by atoms with Crippen molar-refractivity contribution in [3.63, 3.8) is 0 Å². The van der Waals surface area contributed by atoms with Gasteiger partial charge < -0.3 is 10.6 Å². The van der Waals surface area contributed by atoms with Crippen LogP contribution in [0, 0.1) is 5.82 Å². The van der Waals surface area contributed by atoms with E-state index in [0.717, 1.165) is 5.56 Å². The molecule has 3 rings (SSSR count). The molecule has 0 aliphatic carbocycles. The van der Waals surface area contributed by atoms with Gasteiger partial charge in [0.1, 0.15) is 5.82 Å². The van der Waals surface area contributed by atoms with Gasteiger partial charge in [-0.25, -0.2) is 17.9 Å². The van der Waals surface area contributed by atoms with Crippen molar-refractivity contribution in [3.05, 3.63) is 72.3 Å². The summed E-state index contributed by atoms with van der Waals surface area (Å²) in [5.41, 5.74) is 2.20. The number of hydrogen-bond donors (Lipinski definition) is 3. The molecule has 0 aliphatic rings. The molecule has 1 heterocycles. The Bertz CT molecular complexity index is 1050. The highest BCUT2D eigenvalue weighted by molar-refractivity contribution is 7.89. The molecule has 140 valence electrons. The topological polar surface area (TPSA) is 102 Å². The number of rotatable bonds is 5. The first-order valence-electron chi connectivity index (χ1n) is 7.77. The molecule has 0 radical (unpaired) electrons. The van der Waals surface area contributed by atoms with E-state index >= 15 is 0 Å². The van der Waals surface area contributed by atoms with E-state index in [0.29, 0.717) is 23.0 Å². The van der Waals surface area contributed by atoms with Crippen molar-refractivity contribution in [2.75, 3.05) is 10.6 Å². The molecule has 0 unspecified atom stereocenters. The number of nitrogens with zero attached hydrogens (tertiary/aromatic N) is 2. The zero-order valence-corrected chi connectivity index (χ0v) is 15.6. The predicted molar refractivity (Wildman–Crippen MR) is 105 cm³/mol. The molecule has 10 heteroatoms. The molecule has 0 fully saturated rings. The predicted octanol–water partition coefficient (Wildman–Crippen LogP) is 2.53. The maximum atomic E-state index is 12.9. The highest BCUT2D eigenvalue weighted by Gasteiger charge is 2.08. The lowest BCUT2D eigenvalue weighted by Crippen LogP contribution is -2.19. The van der Waals surface area contributed by atoms with Gasteiger partial charge in [0.25, 0.3) is 0 Å². The molecule has 3 aromatic rings. The monoisotopic (exact) mass is 405 g/mol. The number of nitrogens with two attached hydrogens (primary N) is 1. The SMILES string of the molecule is NS(=O)(=O)c1ccc(NC(=S)Nc2cnn(Cc3ccc(F)cc3)c2)cc1. The number of thiocarbonyl (C=S) groups is 1. The first-order chi connectivity index (χ1) is 12.8. The normalized spacial score (nSPS) is 11.2. The van der Waals surface area contributed by atoms with Crippen LogP contribution in [0.15, 0.2) is 65.8 Å². The van der Waals surface area contributed by atoms with Crippen LogP contribution in [0.25, 0.3) is 0 Å². The maximum absolute atomic E-state index is 12.9. The summed E-state index contributed by atoms with van der Waals surface area (Å²) in [5.74, 6) is -0.282. The minimum atomic E-state index is -3.73. The van der Waals surface area contributed by atoms with Crippen LogP contribution < -0.4 is 15.8 Å². The summed E-state index contributed by atoms with van der Waals surface area (Å²) in [6, 6.07) is 12.1. The Morgan fingerprint density at radius 3 is 2.33 bits per heavy atom. The van der Waals surface area contributed by atoms with E-state index in [4.69, 9.17) is 17.4 Å². The Morgan fingerprint density at radius 2 is 1.70 bits per heavy atom. The minimum Gasteiger partial charge on any atom is -0.332 e. The molecule has 2 aromatic carbocycles. The number of nitrogens with one attached hydrogen (secondary N) is 2. The van der Waals surface area contributed by atoms with E-state index in [1.807, 2.05) is 0 Å². The van der Waals surface area contributed by atoms with Crippen LogP contribution in [0.3, 0.4) is 0 Å². The fourth-order valence-corrected chi connectivity index (χ4v) is 3.06. The second kappa shape index (κ2) is 7.82. The number of sulfonamides is 1. The Hall–Kier alpha value is -2.82. The summed E-state index contributed by atoms with van der Waals surface area (Å²) in [4.78, 5) is 0.0222. The van der Waals surface area contributed by atoms with Gasteiger partial charge in [-0.3, -0.25) is 4.68 Å². The molecule has 0 atom stereocenters. The van der Waals surface area contributed by atoms with Crippen LogP contribution in [-0.4, -0.2) is 23.3 Å².